The van der Waals surface area contributed by atoms with E-state index in [2.05, 4.69) is 5.32 Å². The van der Waals surface area contributed by atoms with E-state index in [-0.39, 0.29) is 12.7 Å². The lowest BCUT2D eigenvalue weighted by Crippen LogP contribution is -2.42. The van der Waals surface area contributed by atoms with E-state index in [1.54, 1.807) is 0 Å². The summed E-state index contributed by atoms with van der Waals surface area (Å²) in [4.78, 5) is 14.7. The Morgan fingerprint density at radius 2 is 2.09 bits per heavy atom. The second-order valence-corrected chi connectivity index (χ2v) is 6.34. The Morgan fingerprint density at radius 3 is 2.91 bits per heavy atom. The molecule has 1 N–H and O–H groups in total. The van der Waals surface area contributed by atoms with Crippen molar-refractivity contribution in [1.82, 2.24) is 10.2 Å². The fourth-order valence-electron chi connectivity index (χ4n) is 3.61. The topological polar surface area (TPSA) is 50.8 Å². The first-order valence-electron chi connectivity index (χ1n) is 8.26. The van der Waals surface area contributed by atoms with Crippen LogP contribution in [0.5, 0.6) is 11.5 Å². The summed E-state index contributed by atoms with van der Waals surface area (Å²) in [6.45, 7) is 3.01. The van der Waals surface area contributed by atoms with Crippen LogP contribution in [0.3, 0.4) is 0 Å². The van der Waals surface area contributed by atoms with Crippen LogP contribution in [0.1, 0.15) is 41.6 Å². The minimum atomic E-state index is 0.135. The van der Waals surface area contributed by atoms with E-state index in [9.17, 15) is 4.79 Å². The smallest absolute Gasteiger partial charge is 0.254 e. The van der Waals surface area contributed by atoms with Crippen LogP contribution in [0.4, 0.5) is 0 Å². The molecule has 4 rings (SSSR count). The van der Waals surface area contributed by atoms with Crippen LogP contribution in [0.15, 0.2) is 12.1 Å². The van der Waals surface area contributed by atoms with Crippen LogP contribution >= 0.6 is 0 Å². The minimum Gasteiger partial charge on any atom is -0.454 e. The number of rotatable bonds is 3. The molecule has 5 heteroatoms. The number of amides is 1. The van der Waals surface area contributed by atoms with Gasteiger partial charge in [-0.05, 0) is 49.9 Å². The molecule has 1 saturated heterocycles. The van der Waals surface area contributed by atoms with Crippen molar-refractivity contribution in [2.75, 3.05) is 26.4 Å². The highest BCUT2D eigenvalue weighted by Crippen LogP contribution is 2.36. The van der Waals surface area contributed by atoms with Crippen molar-refractivity contribution < 1.29 is 14.3 Å². The third kappa shape index (κ3) is 2.54. The zero-order valence-electron chi connectivity index (χ0n) is 12.8. The number of ether oxygens (including phenoxy) is 2. The number of fused-ring (bicyclic) bond motifs is 2. The molecule has 0 spiro atoms. The average molecular weight is 302 g/mol. The van der Waals surface area contributed by atoms with Crippen molar-refractivity contribution in [3.05, 3.63) is 23.3 Å². The molecule has 1 amide bonds. The quantitative estimate of drug-likeness (QED) is 0.927. The maximum atomic E-state index is 12.7. The Kier molecular flexibility index (Phi) is 3.66. The molecule has 3 aliphatic rings. The summed E-state index contributed by atoms with van der Waals surface area (Å²) in [5.74, 6) is 1.60. The molecule has 0 aliphatic carbocycles. The molecule has 22 heavy (non-hydrogen) atoms. The predicted octanol–water partition coefficient (Wildman–Crippen LogP) is 1.95. The van der Waals surface area contributed by atoms with E-state index < -0.39 is 0 Å². The van der Waals surface area contributed by atoms with Crippen molar-refractivity contribution in [3.8, 4) is 11.5 Å². The number of carbonyl (C=O) groups is 1. The third-order valence-electron chi connectivity index (χ3n) is 4.93. The fraction of sp³-hybridized carbons (Fsp3) is 0.588. The van der Waals surface area contributed by atoms with Gasteiger partial charge in [0.05, 0.1) is 0 Å². The molecule has 1 fully saturated rings. The summed E-state index contributed by atoms with van der Waals surface area (Å²) < 4.78 is 10.8. The van der Waals surface area contributed by atoms with Gasteiger partial charge in [-0.15, -0.1) is 0 Å². The Labute approximate surface area is 130 Å². The SMILES string of the molecule is O=C1c2cc3c(cc2CCN1CCC1CCCCN1)OCO3. The van der Waals surface area contributed by atoms with E-state index in [1.165, 1.54) is 19.3 Å². The molecule has 1 atom stereocenters. The zero-order chi connectivity index (χ0) is 14.9. The Morgan fingerprint density at radius 1 is 1.23 bits per heavy atom. The maximum Gasteiger partial charge on any atom is 0.254 e. The molecular formula is C17H22N2O3. The molecule has 0 saturated carbocycles. The van der Waals surface area contributed by atoms with Gasteiger partial charge in [0.25, 0.3) is 5.91 Å². The number of hydrogen-bond acceptors (Lipinski definition) is 4. The van der Waals surface area contributed by atoms with E-state index in [1.807, 2.05) is 17.0 Å². The maximum absolute atomic E-state index is 12.7. The first-order chi connectivity index (χ1) is 10.8. The molecule has 5 nitrogen and oxygen atoms in total. The van der Waals surface area contributed by atoms with Crippen LogP contribution in [-0.2, 0) is 6.42 Å². The number of carbonyl (C=O) groups excluding carboxylic acids is 1. The van der Waals surface area contributed by atoms with Gasteiger partial charge < -0.3 is 19.7 Å². The molecule has 0 aromatic heterocycles. The first kappa shape index (κ1) is 13.9. The summed E-state index contributed by atoms with van der Waals surface area (Å²) in [6.07, 6.45) is 5.76. The first-order valence-corrected chi connectivity index (χ1v) is 8.26. The number of nitrogens with zero attached hydrogens (tertiary/aromatic N) is 1. The van der Waals surface area contributed by atoms with Gasteiger partial charge in [-0.2, -0.15) is 0 Å². The zero-order valence-corrected chi connectivity index (χ0v) is 12.8. The van der Waals surface area contributed by atoms with Crippen molar-refractivity contribution in [2.45, 2.75) is 38.1 Å². The molecule has 3 aliphatic heterocycles. The average Bonchev–Trinajstić information content (AvgIpc) is 3.01. The van der Waals surface area contributed by atoms with Crippen molar-refractivity contribution >= 4 is 5.91 Å². The van der Waals surface area contributed by atoms with Crippen LogP contribution in [0.25, 0.3) is 0 Å². The second-order valence-electron chi connectivity index (χ2n) is 6.34. The highest BCUT2D eigenvalue weighted by atomic mass is 16.7. The predicted molar refractivity (Wildman–Crippen MR) is 82.4 cm³/mol. The number of nitrogens with one attached hydrogen (secondary N) is 1. The van der Waals surface area contributed by atoms with Gasteiger partial charge in [-0.1, -0.05) is 6.42 Å². The summed E-state index contributed by atoms with van der Waals surface area (Å²) in [7, 11) is 0. The van der Waals surface area contributed by atoms with Gasteiger partial charge in [-0.3, -0.25) is 4.79 Å². The van der Waals surface area contributed by atoms with E-state index in [0.29, 0.717) is 11.8 Å². The lowest BCUT2D eigenvalue weighted by atomic mass is 9.97. The van der Waals surface area contributed by atoms with Gasteiger partial charge in [0.2, 0.25) is 6.79 Å². The summed E-state index contributed by atoms with van der Waals surface area (Å²) >= 11 is 0. The van der Waals surface area contributed by atoms with Crippen LogP contribution in [0.2, 0.25) is 0 Å². The Hall–Kier alpha value is -1.75. The second kappa shape index (κ2) is 5.80. The molecule has 1 aromatic rings. The monoisotopic (exact) mass is 302 g/mol. The minimum absolute atomic E-state index is 0.135. The number of hydrogen-bond donors (Lipinski definition) is 1. The van der Waals surface area contributed by atoms with Crippen molar-refractivity contribution in [2.24, 2.45) is 0 Å². The lowest BCUT2D eigenvalue weighted by Gasteiger charge is -2.31. The highest BCUT2D eigenvalue weighted by molar-refractivity contribution is 5.97. The summed E-state index contributed by atoms with van der Waals surface area (Å²) in [6, 6.07) is 4.39. The van der Waals surface area contributed by atoms with Crippen molar-refractivity contribution in [1.29, 1.82) is 0 Å². The van der Waals surface area contributed by atoms with Crippen LogP contribution < -0.4 is 14.8 Å². The molecule has 0 bridgehead atoms. The lowest BCUT2D eigenvalue weighted by molar-refractivity contribution is 0.0730. The summed E-state index contributed by atoms with van der Waals surface area (Å²) in [5.41, 5.74) is 1.87. The largest absolute Gasteiger partial charge is 0.454 e. The van der Waals surface area contributed by atoms with Gasteiger partial charge in [0.1, 0.15) is 0 Å². The standard InChI is InChI=1S/C17H22N2O3/c20-17-14-10-16-15(21-11-22-16)9-12(14)4-7-19(17)8-5-13-3-1-2-6-18-13/h9-10,13,18H,1-8,11H2. The molecular weight excluding hydrogens is 280 g/mol. The van der Waals surface area contributed by atoms with E-state index in [0.717, 1.165) is 49.4 Å². The van der Waals surface area contributed by atoms with Gasteiger partial charge in [-0.25, -0.2) is 0 Å². The Bertz CT molecular complexity index is 582. The summed E-state index contributed by atoms with van der Waals surface area (Å²) in [5, 5.41) is 3.55. The third-order valence-corrected chi connectivity index (χ3v) is 4.93. The normalized spacial score (nSPS) is 23.5. The Balaban J connectivity index is 1.45. The van der Waals surface area contributed by atoms with Gasteiger partial charge >= 0.3 is 0 Å². The van der Waals surface area contributed by atoms with E-state index in [4.69, 9.17) is 9.47 Å². The van der Waals surface area contributed by atoms with Gasteiger partial charge in [0.15, 0.2) is 11.5 Å². The van der Waals surface area contributed by atoms with Crippen molar-refractivity contribution in [3.63, 3.8) is 0 Å². The molecule has 1 aromatic carbocycles. The van der Waals surface area contributed by atoms with Gasteiger partial charge in [0, 0.05) is 24.7 Å². The number of benzene rings is 1. The van der Waals surface area contributed by atoms with E-state index >= 15 is 0 Å². The highest BCUT2D eigenvalue weighted by Gasteiger charge is 2.28. The van der Waals surface area contributed by atoms with Crippen LogP contribution in [0, 0.1) is 0 Å². The molecule has 0 radical (unpaired) electrons. The molecule has 118 valence electrons. The number of piperidine rings is 1. The molecule has 3 heterocycles. The molecule has 1 unspecified atom stereocenters. The van der Waals surface area contributed by atoms with Crippen LogP contribution in [-0.4, -0.2) is 43.3 Å². The fourth-order valence-corrected chi connectivity index (χ4v) is 3.61.